The van der Waals surface area contributed by atoms with Crippen LogP contribution in [0.1, 0.15) is 36.6 Å². The molecule has 2 rings (SSSR count). The summed E-state index contributed by atoms with van der Waals surface area (Å²) in [7, 11) is 0. The van der Waals surface area contributed by atoms with Crippen molar-refractivity contribution in [2.45, 2.75) is 33.6 Å². The van der Waals surface area contributed by atoms with Gasteiger partial charge in [-0.15, -0.1) is 0 Å². The van der Waals surface area contributed by atoms with Gasteiger partial charge in [-0.05, 0) is 43.0 Å². The number of halogens is 1. The zero-order valence-electron chi connectivity index (χ0n) is 10.6. The average molecular weight is 232 g/mol. The number of nitrogens with two attached hydrogens (primary N) is 1. The zero-order chi connectivity index (χ0) is 12.7. The third-order valence-corrected chi connectivity index (χ3v) is 3.09. The molecule has 3 heteroatoms. The molecular weight excluding hydrogens is 215 g/mol. The van der Waals surface area contributed by atoms with E-state index in [1.54, 1.807) is 0 Å². The molecule has 0 aliphatic rings. The molecule has 0 amide bonds. The van der Waals surface area contributed by atoms with Crippen LogP contribution in [0.5, 0.6) is 0 Å². The molecule has 2 N–H and O–H groups in total. The highest BCUT2D eigenvalue weighted by Gasteiger charge is 2.14. The van der Waals surface area contributed by atoms with Crippen LogP contribution in [0.4, 0.5) is 10.1 Å². The Hall–Kier alpha value is -1.64. The largest absolute Gasteiger partial charge is 0.398 e. The van der Waals surface area contributed by atoms with Gasteiger partial charge in [0, 0.05) is 16.8 Å². The number of nitrogen functional groups attached to an aromatic ring is 1. The Labute approximate surface area is 101 Å². The first-order chi connectivity index (χ1) is 7.91. The number of fused-ring (bicyclic) bond motifs is 1. The van der Waals surface area contributed by atoms with Crippen molar-refractivity contribution in [3.8, 4) is 0 Å². The van der Waals surface area contributed by atoms with E-state index in [0.29, 0.717) is 5.69 Å². The maximum atomic E-state index is 13.4. The highest BCUT2D eigenvalue weighted by atomic mass is 19.1. The lowest BCUT2D eigenvalue weighted by Crippen LogP contribution is -2.04. The van der Waals surface area contributed by atoms with Crippen LogP contribution in [-0.2, 0) is 0 Å². The predicted octanol–water partition coefficient (Wildman–Crippen LogP) is 3.70. The summed E-state index contributed by atoms with van der Waals surface area (Å²) in [6.45, 7) is 7.94. The molecule has 0 aliphatic heterocycles. The molecule has 1 aromatic carbocycles. The van der Waals surface area contributed by atoms with Crippen LogP contribution in [0.25, 0.3) is 10.9 Å². The van der Waals surface area contributed by atoms with Crippen LogP contribution in [-0.4, -0.2) is 4.98 Å². The van der Waals surface area contributed by atoms with Gasteiger partial charge in [0.1, 0.15) is 5.82 Å². The van der Waals surface area contributed by atoms with E-state index >= 15 is 0 Å². The van der Waals surface area contributed by atoms with E-state index in [-0.39, 0.29) is 11.7 Å². The molecule has 17 heavy (non-hydrogen) atoms. The molecule has 0 bridgehead atoms. The number of hydrogen-bond acceptors (Lipinski definition) is 2. The lowest BCUT2D eigenvalue weighted by molar-refractivity contribution is 0.628. The smallest absolute Gasteiger partial charge is 0.124 e. The van der Waals surface area contributed by atoms with Crippen LogP contribution in [0.15, 0.2) is 12.1 Å². The van der Waals surface area contributed by atoms with Crippen molar-refractivity contribution in [2.24, 2.45) is 0 Å². The van der Waals surface area contributed by atoms with E-state index in [4.69, 9.17) is 5.73 Å². The summed E-state index contributed by atoms with van der Waals surface area (Å²) in [5.74, 6) is 0.0255. The number of aryl methyl sites for hydroxylation is 2. The number of aromatic nitrogens is 1. The van der Waals surface area contributed by atoms with E-state index in [9.17, 15) is 4.39 Å². The average Bonchev–Trinajstić information content (AvgIpc) is 2.19. The summed E-state index contributed by atoms with van der Waals surface area (Å²) < 4.78 is 13.4. The second kappa shape index (κ2) is 3.99. The van der Waals surface area contributed by atoms with E-state index < -0.39 is 0 Å². The molecule has 90 valence electrons. The minimum atomic E-state index is -0.262. The zero-order valence-corrected chi connectivity index (χ0v) is 10.6. The maximum Gasteiger partial charge on any atom is 0.124 e. The van der Waals surface area contributed by atoms with Crippen molar-refractivity contribution in [1.82, 2.24) is 4.98 Å². The first-order valence-corrected chi connectivity index (χ1v) is 5.77. The van der Waals surface area contributed by atoms with Gasteiger partial charge in [0.25, 0.3) is 0 Å². The Kier molecular flexibility index (Phi) is 2.77. The minimum Gasteiger partial charge on any atom is -0.398 e. The summed E-state index contributed by atoms with van der Waals surface area (Å²) in [4.78, 5) is 4.55. The topological polar surface area (TPSA) is 38.9 Å². The molecular formula is C14H17FN2. The Bertz CT molecular complexity index is 589. The van der Waals surface area contributed by atoms with Crippen LogP contribution in [0.2, 0.25) is 0 Å². The van der Waals surface area contributed by atoms with Gasteiger partial charge >= 0.3 is 0 Å². The van der Waals surface area contributed by atoms with Crippen molar-refractivity contribution in [2.75, 3.05) is 5.73 Å². The SMILES string of the molecule is Cc1nc2c(C)cc(F)cc2c(N)c1C(C)C. The second-order valence-corrected chi connectivity index (χ2v) is 4.80. The molecule has 0 atom stereocenters. The van der Waals surface area contributed by atoms with Crippen LogP contribution >= 0.6 is 0 Å². The van der Waals surface area contributed by atoms with Crippen molar-refractivity contribution in [1.29, 1.82) is 0 Å². The second-order valence-electron chi connectivity index (χ2n) is 4.80. The van der Waals surface area contributed by atoms with E-state index in [2.05, 4.69) is 18.8 Å². The number of nitrogens with zero attached hydrogens (tertiary/aromatic N) is 1. The van der Waals surface area contributed by atoms with E-state index in [1.807, 2.05) is 13.8 Å². The molecule has 1 aromatic heterocycles. The van der Waals surface area contributed by atoms with Crippen molar-refractivity contribution in [3.63, 3.8) is 0 Å². The Morgan fingerprint density at radius 3 is 2.47 bits per heavy atom. The van der Waals surface area contributed by atoms with Crippen molar-refractivity contribution in [3.05, 3.63) is 34.8 Å². The van der Waals surface area contributed by atoms with E-state index in [0.717, 1.165) is 27.7 Å². The lowest BCUT2D eigenvalue weighted by Gasteiger charge is -2.16. The maximum absolute atomic E-state index is 13.4. The first kappa shape index (κ1) is 11.8. The van der Waals surface area contributed by atoms with Gasteiger partial charge < -0.3 is 5.73 Å². The van der Waals surface area contributed by atoms with E-state index in [1.165, 1.54) is 12.1 Å². The van der Waals surface area contributed by atoms with Crippen LogP contribution < -0.4 is 5.73 Å². The third kappa shape index (κ3) is 1.86. The highest BCUT2D eigenvalue weighted by Crippen LogP contribution is 2.32. The molecule has 0 spiro atoms. The fourth-order valence-electron chi connectivity index (χ4n) is 2.39. The van der Waals surface area contributed by atoms with Gasteiger partial charge in [0.2, 0.25) is 0 Å². The van der Waals surface area contributed by atoms with Crippen molar-refractivity contribution < 1.29 is 4.39 Å². The Morgan fingerprint density at radius 2 is 1.88 bits per heavy atom. The summed E-state index contributed by atoms with van der Waals surface area (Å²) >= 11 is 0. The molecule has 1 heterocycles. The Balaban J connectivity index is 2.92. The third-order valence-electron chi connectivity index (χ3n) is 3.09. The number of pyridine rings is 1. The molecule has 0 fully saturated rings. The van der Waals surface area contributed by atoms with Gasteiger partial charge in [-0.2, -0.15) is 0 Å². The molecule has 0 saturated carbocycles. The molecule has 2 aromatic rings. The van der Waals surface area contributed by atoms with Gasteiger partial charge in [0.15, 0.2) is 0 Å². The molecule has 0 unspecified atom stereocenters. The molecule has 0 aliphatic carbocycles. The normalized spacial score (nSPS) is 11.4. The monoisotopic (exact) mass is 232 g/mol. The number of benzene rings is 1. The summed E-state index contributed by atoms with van der Waals surface area (Å²) in [6.07, 6.45) is 0. The number of hydrogen-bond donors (Lipinski definition) is 1. The summed E-state index contributed by atoms with van der Waals surface area (Å²) in [5.41, 5.74) is 10.4. The number of anilines is 1. The summed E-state index contributed by atoms with van der Waals surface area (Å²) in [6, 6.07) is 2.96. The standard InChI is InChI=1S/C14H17FN2/c1-7(2)12-9(4)17-14-8(3)5-10(15)6-11(14)13(12)16/h5-7H,1-4H3,(H2,16,17). The molecule has 2 nitrogen and oxygen atoms in total. The van der Waals surface area contributed by atoms with Crippen LogP contribution in [0.3, 0.4) is 0 Å². The first-order valence-electron chi connectivity index (χ1n) is 5.77. The molecule has 0 saturated heterocycles. The predicted molar refractivity (Wildman–Crippen MR) is 69.7 cm³/mol. The van der Waals surface area contributed by atoms with Gasteiger partial charge in [0.05, 0.1) is 5.52 Å². The number of rotatable bonds is 1. The Morgan fingerprint density at radius 1 is 1.24 bits per heavy atom. The van der Waals surface area contributed by atoms with Gasteiger partial charge in [-0.3, -0.25) is 4.98 Å². The quantitative estimate of drug-likeness (QED) is 0.814. The fourth-order valence-corrected chi connectivity index (χ4v) is 2.39. The molecule has 0 radical (unpaired) electrons. The summed E-state index contributed by atoms with van der Waals surface area (Å²) in [5, 5.41) is 0.719. The lowest BCUT2D eigenvalue weighted by atomic mass is 9.96. The van der Waals surface area contributed by atoms with Crippen molar-refractivity contribution >= 4 is 16.6 Å². The van der Waals surface area contributed by atoms with Gasteiger partial charge in [-0.1, -0.05) is 13.8 Å². The van der Waals surface area contributed by atoms with Crippen LogP contribution in [0, 0.1) is 19.7 Å². The minimum absolute atomic E-state index is 0.262. The highest BCUT2D eigenvalue weighted by molar-refractivity contribution is 5.94. The van der Waals surface area contributed by atoms with Gasteiger partial charge in [-0.25, -0.2) is 4.39 Å². The fraction of sp³-hybridized carbons (Fsp3) is 0.357.